The molecule has 2 aromatic heterocycles. The van der Waals surface area contributed by atoms with E-state index < -0.39 is 11.7 Å². The predicted octanol–water partition coefficient (Wildman–Crippen LogP) is 4.51. The van der Waals surface area contributed by atoms with Gasteiger partial charge in [0.1, 0.15) is 5.01 Å². The molecule has 0 atom stereocenters. The highest BCUT2D eigenvalue weighted by Gasteiger charge is 2.29. The lowest BCUT2D eigenvalue weighted by Crippen LogP contribution is -2.12. The first-order chi connectivity index (χ1) is 11.5. The Balaban J connectivity index is 1.54. The van der Waals surface area contributed by atoms with Gasteiger partial charge in [0, 0.05) is 25.5 Å². The second-order valence-electron chi connectivity index (χ2n) is 5.13. The largest absolute Gasteiger partial charge is 0.416 e. The van der Waals surface area contributed by atoms with Crippen LogP contribution in [0, 0.1) is 0 Å². The summed E-state index contributed by atoms with van der Waals surface area (Å²) in [4.78, 5) is 9.60. The van der Waals surface area contributed by atoms with Crippen LogP contribution in [0.3, 0.4) is 0 Å². The quantitative estimate of drug-likeness (QED) is 0.736. The zero-order chi connectivity index (χ0) is 17.0. The standard InChI is InChI=1S/C17H14F3N3S/c18-17(19,20)13-6-4-12(5-7-13)9-21-11-16-23-10-15(24-16)14-3-1-2-8-22-14/h1-8,10,21H,9,11H2. The monoisotopic (exact) mass is 349 g/mol. The highest BCUT2D eigenvalue weighted by atomic mass is 32.1. The number of alkyl halides is 3. The predicted molar refractivity (Wildman–Crippen MR) is 87.3 cm³/mol. The van der Waals surface area contributed by atoms with Crippen LogP contribution in [0.15, 0.2) is 54.9 Å². The first kappa shape index (κ1) is 16.6. The third kappa shape index (κ3) is 4.18. The molecule has 1 aromatic carbocycles. The number of halogens is 3. The van der Waals surface area contributed by atoms with Crippen LogP contribution >= 0.6 is 11.3 Å². The zero-order valence-corrected chi connectivity index (χ0v) is 13.4. The number of aromatic nitrogens is 2. The molecule has 3 aromatic rings. The van der Waals surface area contributed by atoms with Crippen LogP contribution < -0.4 is 5.32 Å². The highest BCUT2D eigenvalue weighted by molar-refractivity contribution is 7.15. The van der Waals surface area contributed by atoms with Crippen LogP contribution in [0.25, 0.3) is 10.6 Å². The van der Waals surface area contributed by atoms with Crippen molar-refractivity contribution < 1.29 is 13.2 Å². The van der Waals surface area contributed by atoms with Gasteiger partial charge in [-0.05, 0) is 29.8 Å². The van der Waals surface area contributed by atoms with Crippen molar-refractivity contribution >= 4 is 11.3 Å². The molecule has 124 valence electrons. The fourth-order valence-corrected chi connectivity index (χ4v) is 3.01. The smallest absolute Gasteiger partial charge is 0.306 e. The third-order valence-electron chi connectivity index (χ3n) is 3.36. The summed E-state index contributed by atoms with van der Waals surface area (Å²) < 4.78 is 37.5. The first-order valence-corrected chi connectivity index (χ1v) is 8.07. The molecule has 3 nitrogen and oxygen atoms in total. The van der Waals surface area contributed by atoms with Gasteiger partial charge >= 0.3 is 6.18 Å². The molecule has 0 radical (unpaired) electrons. The van der Waals surface area contributed by atoms with Gasteiger partial charge in [-0.15, -0.1) is 11.3 Å². The Labute approximate surface area is 141 Å². The maximum atomic E-state index is 12.5. The van der Waals surface area contributed by atoms with Gasteiger partial charge in [0.15, 0.2) is 0 Å². The topological polar surface area (TPSA) is 37.8 Å². The molecular formula is C17H14F3N3S. The van der Waals surface area contributed by atoms with E-state index in [0.29, 0.717) is 13.1 Å². The van der Waals surface area contributed by atoms with Crippen LogP contribution in [0.5, 0.6) is 0 Å². The molecule has 0 saturated heterocycles. The summed E-state index contributed by atoms with van der Waals surface area (Å²) in [6.45, 7) is 1.04. The lowest BCUT2D eigenvalue weighted by Gasteiger charge is -2.08. The van der Waals surface area contributed by atoms with Crippen molar-refractivity contribution in [1.82, 2.24) is 15.3 Å². The molecular weight excluding hydrogens is 335 g/mol. The molecule has 0 bridgehead atoms. The minimum atomic E-state index is -4.30. The average Bonchev–Trinajstić information content (AvgIpc) is 3.04. The lowest BCUT2D eigenvalue weighted by atomic mass is 10.1. The van der Waals surface area contributed by atoms with Crippen molar-refractivity contribution in [2.75, 3.05) is 0 Å². The molecule has 2 heterocycles. The van der Waals surface area contributed by atoms with Crippen molar-refractivity contribution in [1.29, 1.82) is 0 Å². The van der Waals surface area contributed by atoms with Crippen LogP contribution in [-0.4, -0.2) is 9.97 Å². The van der Waals surface area contributed by atoms with E-state index >= 15 is 0 Å². The van der Waals surface area contributed by atoms with E-state index in [1.54, 1.807) is 23.7 Å². The molecule has 3 rings (SSSR count). The van der Waals surface area contributed by atoms with Crippen molar-refractivity contribution in [3.8, 4) is 10.6 Å². The van der Waals surface area contributed by atoms with Crippen LogP contribution in [-0.2, 0) is 19.3 Å². The molecule has 0 aliphatic rings. The van der Waals surface area contributed by atoms with Gasteiger partial charge in [-0.25, -0.2) is 4.98 Å². The number of rotatable bonds is 5. The summed E-state index contributed by atoms with van der Waals surface area (Å²) in [6.07, 6.45) is -0.783. The molecule has 0 aliphatic carbocycles. The lowest BCUT2D eigenvalue weighted by molar-refractivity contribution is -0.137. The van der Waals surface area contributed by atoms with E-state index in [1.807, 2.05) is 18.2 Å². The molecule has 0 amide bonds. The number of nitrogens with zero attached hydrogens (tertiary/aromatic N) is 2. The fraction of sp³-hybridized carbons (Fsp3) is 0.176. The molecule has 1 N–H and O–H groups in total. The Morgan fingerprint density at radius 1 is 0.958 bits per heavy atom. The molecule has 0 fully saturated rings. The van der Waals surface area contributed by atoms with Crippen LogP contribution in [0.4, 0.5) is 13.2 Å². The van der Waals surface area contributed by atoms with Crippen molar-refractivity contribution in [3.05, 3.63) is 71.0 Å². The molecule has 0 spiro atoms. The molecule has 24 heavy (non-hydrogen) atoms. The van der Waals surface area contributed by atoms with Crippen molar-refractivity contribution in [2.24, 2.45) is 0 Å². The minimum absolute atomic E-state index is 0.483. The number of benzene rings is 1. The van der Waals surface area contributed by atoms with Crippen molar-refractivity contribution in [3.63, 3.8) is 0 Å². The molecule has 7 heteroatoms. The van der Waals surface area contributed by atoms with Crippen molar-refractivity contribution in [2.45, 2.75) is 19.3 Å². The third-order valence-corrected chi connectivity index (χ3v) is 4.38. The summed E-state index contributed by atoms with van der Waals surface area (Å²) in [6, 6.07) is 10.9. The summed E-state index contributed by atoms with van der Waals surface area (Å²) in [5.41, 5.74) is 1.04. The van der Waals surface area contributed by atoms with E-state index in [0.717, 1.165) is 33.3 Å². The van der Waals surface area contributed by atoms with Gasteiger partial charge in [0.25, 0.3) is 0 Å². The number of nitrogens with one attached hydrogen (secondary N) is 1. The van der Waals surface area contributed by atoms with Gasteiger partial charge < -0.3 is 5.32 Å². The van der Waals surface area contributed by atoms with E-state index in [2.05, 4.69) is 15.3 Å². The summed E-state index contributed by atoms with van der Waals surface area (Å²) >= 11 is 1.54. The minimum Gasteiger partial charge on any atom is -0.306 e. The second-order valence-corrected chi connectivity index (χ2v) is 6.25. The normalized spacial score (nSPS) is 11.6. The van der Waals surface area contributed by atoms with E-state index in [1.165, 1.54) is 12.1 Å². The maximum Gasteiger partial charge on any atom is 0.416 e. The van der Waals surface area contributed by atoms with Gasteiger partial charge in [0.2, 0.25) is 0 Å². The Morgan fingerprint density at radius 2 is 1.75 bits per heavy atom. The number of pyridine rings is 1. The van der Waals surface area contributed by atoms with Gasteiger partial charge in [0.05, 0.1) is 16.1 Å². The summed E-state index contributed by atoms with van der Waals surface area (Å²) in [5, 5.41) is 4.09. The summed E-state index contributed by atoms with van der Waals surface area (Å²) in [7, 11) is 0. The van der Waals surface area contributed by atoms with Crippen LogP contribution in [0.1, 0.15) is 16.1 Å². The molecule has 0 unspecified atom stereocenters. The van der Waals surface area contributed by atoms with E-state index in [-0.39, 0.29) is 0 Å². The maximum absolute atomic E-state index is 12.5. The number of hydrogen-bond donors (Lipinski definition) is 1. The zero-order valence-electron chi connectivity index (χ0n) is 12.5. The van der Waals surface area contributed by atoms with E-state index in [9.17, 15) is 13.2 Å². The molecule has 0 aliphatic heterocycles. The average molecular weight is 349 g/mol. The SMILES string of the molecule is FC(F)(F)c1ccc(CNCc2ncc(-c3ccccn3)s2)cc1. The number of thiazole rings is 1. The van der Waals surface area contributed by atoms with Crippen LogP contribution in [0.2, 0.25) is 0 Å². The second kappa shape index (κ2) is 7.11. The van der Waals surface area contributed by atoms with E-state index in [4.69, 9.17) is 0 Å². The Hall–Kier alpha value is -2.25. The first-order valence-electron chi connectivity index (χ1n) is 7.25. The highest BCUT2D eigenvalue weighted by Crippen LogP contribution is 2.29. The van der Waals surface area contributed by atoms with Gasteiger partial charge in [-0.3, -0.25) is 4.98 Å². The van der Waals surface area contributed by atoms with Gasteiger partial charge in [-0.1, -0.05) is 18.2 Å². The molecule has 0 saturated carbocycles. The Morgan fingerprint density at radius 3 is 2.42 bits per heavy atom. The fourth-order valence-electron chi connectivity index (χ4n) is 2.14. The van der Waals surface area contributed by atoms with Gasteiger partial charge in [-0.2, -0.15) is 13.2 Å². The number of hydrogen-bond acceptors (Lipinski definition) is 4. The Kier molecular flexibility index (Phi) is 4.92. The Bertz CT molecular complexity index is 783. The summed E-state index contributed by atoms with van der Waals surface area (Å²) in [5.74, 6) is 0.